The van der Waals surface area contributed by atoms with Crippen molar-refractivity contribution in [3.63, 3.8) is 0 Å². The van der Waals surface area contributed by atoms with Crippen molar-refractivity contribution in [2.24, 2.45) is 11.8 Å². The van der Waals surface area contributed by atoms with Gasteiger partial charge in [-0.15, -0.1) is 0 Å². The van der Waals surface area contributed by atoms with Crippen LogP contribution < -0.4 is 5.32 Å². The van der Waals surface area contributed by atoms with E-state index in [2.05, 4.69) is 10.3 Å². The minimum Gasteiger partial charge on any atom is -0.350 e. The van der Waals surface area contributed by atoms with Gasteiger partial charge in [-0.05, 0) is 37.5 Å². The highest BCUT2D eigenvalue weighted by molar-refractivity contribution is 6.05. The van der Waals surface area contributed by atoms with Crippen molar-refractivity contribution in [1.82, 2.24) is 19.8 Å². The second-order valence-corrected chi connectivity index (χ2v) is 7.58. The van der Waals surface area contributed by atoms with Gasteiger partial charge < -0.3 is 9.88 Å². The normalized spacial score (nSPS) is 21.9. The first-order chi connectivity index (χ1) is 14.0. The topological polar surface area (TPSA) is 84.3 Å². The highest BCUT2D eigenvalue weighted by Crippen LogP contribution is 2.35. The van der Waals surface area contributed by atoms with Crippen LogP contribution in [0.3, 0.4) is 0 Å². The van der Waals surface area contributed by atoms with Crippen LogP contribution in [0.5, 0.6) is 0 Å². The Morgan fingerprint density at radius 2 is 1.79 bits per heavy atom. The van der Waals surface area contributed by atoms with Gasteiger partial charge in [0, 0.05) is 31.0 Å². The molecule has 0 unspecified atom stereocenters. The molecule has 0 saturated carbocycles. The summed E-state index contributed by atoms with van der Waals surface area (Å²) in [6.45, 7) is 2.05. The molecule has 1 saturated heterocycles. The Balaban J connectivity index is 1.30. The van der Waals surface area contributed by atoms with Gasteiger partial charge in [0.15, 0.2) is 0 Å². The summed E-state index contributed by atoms with van der Waals surface area (Å²) in [5, 5.41) is 2.95. The van der Waals surface area contributed by atoms with Gasteiger partial charge in [-0.2, -0.15) is 0 Å². The summed E-state index contributed by atoms with van der Waals surface area (Å²) in [7, 11) is 0. The van der Waals surface area contributed by atoms with Gasteiger partial charge in [0.05, 0.1) is 24.2 Å². The van der Waals surface area contributed by atoms with Crippen molar-refractivity contribution in [1.29, 1.82) is 0 Å². The Morgan fingerprint density at radius 3 is 2.38 bits per heavy atom. The van der Waals surface area contributed by atoms with E-state index >= 15 is 0 Å². The number of imidazole rings is 1. The van der Waals surface area contributed by atoms with E-state index in [-0.39, 0.29) is 48.6 Å². The smallest absolute Gasteiger partial charge is 0.233 e. The van der Waals surface area contributed by atoms with Gasteiger partial charge in [0.2, 0.25) is 17.7 Å². The zero-order valence-corrected chi connectivity index (χ0v) is 16.3. The molecule has 2 aromatic rings. The zero-order chi connectivity index (χ0) is 20.4. The van der Waals surface area contributed by atoms with Crippen LogP contribution in [-0.2, 0) is 14.4 Å². The van der Waals surface area contributed by atoms with Gasteiger partial charge in [0.25, 0.3) is 0 Å². The van der Waals surface area contributed by atoms with Crippen LogP contribution in [0.2, 0.25) is 0 Å². The van der Waals surface area contributed by atoms with E-state index in [0.29, 0.717) is 12.8 Å². The molecule has 2 heterocycles. The maximum Gasteiger partial charge on any atom is 0.233 e. The lowest BCUT2D eigenvalue weighted by atomic mass is 9.85. The SMILES string of the molecule is C[C@H](NC(=O)CCN1C(=O)[C@H]2CC=CC[C@@H]2C1=O)c1ccc(-n2ccnc2)cc1. The summed E-state index contributed by atoms with van der Waals surface area (Å²) < 4.78 is 1.91. The van der Waals surface area contributed by atoms with Crippen molar-refractivity contribution in [2.75, 3.05) is 6.54 Å². The number of carbonyl (C=O) groups is 3. The van der Waals surface area contributed by atoms with Gasteiger partial charge >= 0.3 is 0 Å². The van der Waals surface area contributed by atoms with Crippen LogP contribution in [0, 0.1) is 11.8 Å². The molecule has 2 aliphatic rings. The number of fused-ring (bicyclic) bond motifs is 1. The minimum atomic E-state index is -0.247. The number of hydrogen-bond donors (Lipinski definition) is 1. The first kappa shape index (κ1) is 19.1. The minimum absolute atomic E-state index is 0.113. The molecule has 3 atom stereocenters. The van der Waals surface area contributed by atoms with E-state index < -0.39 is 0 Å². The molecule has 1 fully saturated rings. The van der Waals surface area contributed by atoms with Crippen LogP contribution in [-0.4, -0.2) is 38.7 Å². The van der Waals surface area contributed by atoms with Crippen LogP contribution in [0.4, 0.5) is 0 Å². The number of amides is 3. The highest BCUT2D eigenvalue weighted by atomic mass is 16.2. The van der Waals surface area contributed by atoms with Crippen molar-refractivity contribution in [3.05, 3.63) is 60.7 Å². The Kier molecular flexibility index (Phi) is 5.29. The molecule has 4 rings (SSSR count). The standard InChI is InChI=1S/C22H24N4O3/c1-15(16-6-8-17(9-7-16)25-13-11-23-14-25)24-20(27)10-12-26-21(28)18-4-2-3-5-19(18)22(26)29/h2-3,6-9,11,13-15,18-19H,4-5,10,12H2,1H3,(H,24,27)/t15-,18-,19-/m0/s1. The van der Waals surface area contributed by atoms with Crippen LogP contribution in [0.15, 0.2) is 55.1 Å². The molecule has 29 heavy (non-hydrogen) atoms. The van der Waals surface area contributed by atoms with Gasteiger partial charge in [-0.1, -0.05) is 24.3 Å². The van der Waals surface area contributed by atoms with E-state index in [1.54, 1.807) is 12.5 Å². The van der Waals surface area contributed by atoms with Crippen LogP contribution in [0.1, 0.15) is 37.8 Å². The number of nitrogens with one attached hydrogen (secondary N) is 1. The molecule has 1 aromatic carbocycles. The summed E-state index contributed by atoms with van der Waals surface area (Å²) in [4.78, 5) is 42.6. The van der Waals surface area contributed by atoms with E-state index in [1.165, 1.54) is 4.90 Å². The highest BCUT2D eigenvalue weighted by Gasteiger charge is 2.46. The Labute approximate surface area is 169 Å². The number of likely N-dealkylation sites (tertiary alicyclic amines) is 1. The fourth-order valence-corrected chi connectivity index (χ4v) is 4.05. The lowest BCUT2D eigenvalue weighted by Crippen LogP contribution is -2.36. The van der Waals surface area contributed by atoms with E-state index in [0.717, 1.165) is 11.3 Å². The first-order valence-corrected chi connectivity index (χ1v) is 9.92. The van der Waals surface area contributed by atoms with E-state index in [4.69, 9.17) is 0 Å². The Bertz CT molecular complexity index is 907. The summed E-state index contributed by atoms with van der Waals surface area (Å²) in [6, 6.07) is 7.70. The summed E-state index contributed by atoms with van der Waals surface area (Å²) >= 11 is 0. The Morgan fingerprint density at radius 1 is 1.14 bits per heavy atom. The predicted molar refractivity (Wildman–Crippen MR) is 107 cm³/mol. The van der Waals surface area contributed by atoms with Crippen LogP contribution in [0.25, 0.3) is 5.69 Å². The first-order valence-electron chi connectivity index (χ1n) is 9.92. The average Bonchev–Trinajstić information content (AvgIpc) is 3.35. The molecule has 1 aliphatic carbocycles. The number of hydrogen-bond acceptors (Lipinski definition) is 4. The van der Waals surface area contributed by atoms with Crippen LogP contribution >= 0.6 is 0 Å². The molecule has 1 aliphatic heterocycles. The molecular weight excluding hydrogens is 368 g/mol. The van der Waals surface area contributed by atoms with Crippen molar-refractivity contribution >= 4 is 17.7 Å². The molecule has 1 aromatic heterocycles. The number of benzene rings is 1. The van der Waals surface area contributed by atoms with Crippen molar-refractivity contribution in [3.8, 4) is 5.69 Å². The maximum atomic E-state index is 12.5. The van der Waals surface area contributed by atoms with E-state index in [9.17, 15) is 14.4 Å². The van der Waals surface area contributed by atoms with Gasteiger partial charge in [-0.25, -0.2) is 4.98 Å². The maximum absolute atomic E-state index is 12.5. The number of nitrogens with zero attached hydrogens (tertiary/aromatic N) is 3. The van der Waals surface area contributed by atoms with Crippen molar-refractivity contribution < 1.29 is 14.4 Å². The molecule has 7 nitrogen and oxygen atoms in total. The average molecular weight is 392 g/mol. The molecule has 0 radical (unpaired) electrons. The molecule has 3 amide bonds. The molecule has 0 spiro atoms. The molecular formula is C22H24N4O3. The lowest BCUT2D eigenvalue weighted by Gasteiger charge is -2.17. The number of rotatable bonds is 6. The fourth-order valence-electron chi connectivity index (χ4n) is 4.05. The van der Waals surface area contributed by atoms with E-state index in [1.807, 2.05) is 54.1 Å². The van der Waals surface area contributed by atoms with Gasteiger partial charge in [-0.3, -0.25) is 19.3 Å². The second kappa shape index (κ2) is 8.03. The molecule has 1 N–H and O–H groups in total. The summed E-state index contributed by atoms with van der Waals surface area (Å²) in [6.07, 6.45) is 10.6. The number of aromatic nitrogens is 2. The predicted octanol–water partition coefficient (Wildman–Crippen LogP) is 2.39. The quantitative estimate of drug-likeness (QED) is 0.604. The van der Waals surface area contributed by atoms with Crippen molar-refractivity contribution in [2.45, 2.75) is 32.2 Å². The second-order valence-electron chi connectivity index (χ2n) is 7.58. The molecule has 150 valence electrons. The third kappa shape index (κ3) is 3.85. The fraction of sp³-hybridized carbons (Fsp3) is 0.364. The lowest BCUT2D eigenvalue weighted by molar-refractivity contribution is -0.140. The number of allylic oxidation sites excluding steroid dienone is 2. The molecule has 0 bridgehead atoms. The number of imide groups is 1. The third-order valence-electron chi connectivity index (χ3n) is 5.73. The summed E-state index contributed by atoms with van der Waals surface area (Å²) in [5.74, 6) is -0.947. The Hall–Kier alpha value is -3.22. The monoisotopic (exact) mass is 392 g/mol. The largest absolute Gasteiger partial charge is 0.350 e. The molecule has 7 heteroatoms. The zero-order valence-electron chi connectivity index (χ0n) is 16.3. The summed E-state index contributed by atoms with van der Waals surface area (Å²) in [5.41, 5.74) is 1.97. The van der Waals surface area contributed by atoms with Gasteiger partial charge in [0.1, 0.15) is 0 Å². The number of carbonyl (C=O) groups excluding carboxylic acids is 3. The third-order valence-corrected chi connectivity index (χ3v) is 5.73.